The summed E-state index contributed by atoms with van der Waals surface area (Å²) in [6.07, 6.45) is 0. The first kappa shape index (κ1) is 22.2. The second-order valence-corrected chi connectivity index (χ2v) is 9.02. The van der Waals surface area contributed by atoms with Gasteiger partial charge in [-0.05, 0) is 80.1 Å². The summed E-state index contributed by atoms with van der Waals surface area (Å²) in [6, 6.07) is 14.9. The monoisotopic (exact) mass is 438 g/mol. The lowest BCUT2D eigenvalue weighted by Gasteiger charge is -2.40. The molecule has 3 aromatic rings. The molecule has 8 heteroatoms. The predicted molar refractivity (Wildman–Crippen MR) is 122 cm³/mol. The standard InChI is InChI=1S/C24H31FN6O/c1-5-32-21-12-6-18(7-13-21)22(23-26-27-28-31(23)24(2,3)4)30-16-14-29(15-17-30)20-10-8-19(25)9-11-20/h6-13,22H,5,14-17H2,1-4H3/t22-/m1/s1. The zero-order valence-electron chi connectivity index (χ0n) is 19.2. The van der Waals surface area contributed by atoms with Crippen molar-refractivity contribution in [3.05, 3.63) is 65.7 Å². The van der Waals surface area contributed by atoms with E-state index < -0.39 is 0 Å². The third kappa shape index (κ3) is 4.75. The molecule has 2 heterocycles. The van der Waals surface area contributed by atoms with Crippen molar-refractivity contribution < 1.29 is 9.13 Å². The van der Waals surface area contributed by atoms with Crippen LogP contribution in [0.25, 0.3) is 0 Å². The zero-order chi connectivity index (χ0) is 22.7. The van der Waals surface area contributed by atoms with Gasteiger partial charge in [0.1, 0.15) is 11.6 Å². The second-order valence-electron chi connectivity index (χ2n) is 9.02. The van der Waals surface area contributed by atoms with E-state index >= 15 is 0 Å². The Hall–Kier alpha value is -3.00. The second kappa shape index (κ2) is 9.24. The first-order chi connectivity index (χ1) is 15.4. The minimum atomic E-state index is -0.238. The van der Waals surface area contributed by atoms with Crippen LogP contribution in [0.15, 0.2) is 48.5 Å². The van der Waals surface area contributed by atoms with E-state index in [9.17, 15) is 4.39 Å². The van der Waals surface area contributed by atoms with Gasteiger partial charge in [-0.15, -0.1) is 5.10 Å². The molecule has 0 spiro atoms. The van der Waals surface area contributed by atoms with E-state index in [-0.39, 0.29) is 17.4 Å². The molecule has 1 atom stereocenters. The quantitative estimate of drug-likeness (QED) is 0.582. The zero-order valence-corrected chi connectivity index (χ0v) is 19.2. The smallest absolute Gasteiger partial charge is 0.173 e. The molecule has 0 aliphatic carbocycles. The van der Waals surface area contributed by atoms with E-state index in [1.807, 2.05) is 35.9 Å². The van der Waals surface area contributed by atoms with Crippen molar-refractivity contribution in [3.8, 4) is 5.75 Å². The molecule has 170 valence electrons. The Balaban J connectivity index is 1.61. The van der Waals surface area contributed by atoms with Crippen LogP contribution in [0.2, 0.25) is 0 Å². The fourth-order valence-corrected chi connectivity index (χ4v) is 4.17. The number of hydrogen-bond donors (Lipinski definition) is 0. The van der Waals surface area contributed by atoms with E-state index in [0.29, 0.717) is 6.61 Å². The Morgan fingerprint density at radius 1 is 0.969 bits per heavy atom. The Morgan fingerprint density at radius 2 is 1.62 bits per heavy atom. The fraction of sp³-hybridized carbons (Fsp3) is 0.458. The third-order valence-corrected chi connectivity index (χ3v) is 5.75. The highest BCUT2D eigenvalue weighted by Gasteiger charge is 2.33. The van der Waals surface area contributed by atoms with Crippen LogP contribution in [0.3, 0.4) is 0 Å². The molecule has 0 N–H and O–H groups in total. The number of ether oxygens (including phenoxy) is 1. The molecular weight excluding hydrogens is 407 g/mol. The van der Waals surface area contributed by atoms with E-state index in [1.54, 1.807) is 0 Å². The number of benzene rings is 2. The molecule has 0 radical (unpaired) electrons. The average Bonchev–Trinajstić information content (AvgIpc) is 3.27. The van der Waals surface area contributed by atoms with Gasteiger partial charge in [-0.3, -0.25) is 4.90 Å². The molecule has 7 nitrogen and oxygen atoms in total. The van der Waals surface area contributed by atoms with Crippen LogP contribution in [0.5, 0.6) is 5.75 Å². The molecular formula is C24H31FN6O. The highest BCUT2D eigenvalue weighted by Crippen LogP contribution is 2.32. The molecule has 1 aliphatic rings. The van der Waals surface area contributed by atoms with Gasteiger partial charge in [-0.25, -0.2) is 9.07 Å². The summed E-state index contributed by atoms with van der Waals surface area (Å²) in [5.74, 6) is 1.47. The van der Waals surface area contributed by atoms with Gasteiger partial charge in [0.25, 0.3) is 0 Å². The Morgan fingerprint density at radius 3 is 2.22 bits per heavy atom. The molecule has 2 aromatic carbocycles. The van der Waals surface area contributed by atoms with Gasteiger partial charge in [0.05, 0.1) is 18.2 Å². The molecule has 32 heavy (non-hydrogen) atoms. The SMILES string of the molecule is CCOc1ccc([C@H](c2nnnn2C(C)(C)C)N2CCN(c3ccc(F)cc3)CC2)cc1. The number of halogens is 1. The van der Waals surface area contributed by atoms with E-state index in [2.05, 4.69) is 58.2 Å². The summed E-state index contributed by atoms with van der Waals surface area (Å²) in [5, 5.41) is 12.8. The van der Waals surface area contributed by atoms with Crippen LogP contribution in [0, 0.1) is 5.82 Å². The Labute approximate surface area is 188 Å². The maximum Gasteiger partial charge on any atom is 0.173 e. The van der Waals surface area contributed by atoms with Crippen LogP contribution in [-0.4, -0.2) is 57.9 Å². The van der Waals surface area contributed by atoms with Crippen LogP contribution >= 0.6 is 0 Å². The molecule has 0 saturated carbocycles. The number of tetrazole rings is 1. The minimum Gasteiger partial charge on any atom is -0.494 e. The number of nitrogens with zero attached hydrogens (tertiary/aromatic N) is 6. The fourth-order valence-electron chi connectivity index (χ4n) is 4.17. The van der Waals surface area contributed by atoms with Crippen LogP contribution in [0.1, 0.15) is 45.1 Å². The Bertz CT molecular complexity index is 1000. The van der Waals surface area contributed by atoms with E-state index in [1.165, 1.54) is 12.1 Å². The summed E-state index contributed by atoms with van der Waals surface area (Å²) in [4.78, 5) is 4.71. The van der Waals surface area contributed by atoms with Gasteiger partial charge >= 0.3 is 0 Å². The first-order valence-corrected chi connectivity index (χ1v) is 11.1. The van der Waals surface area contributed by atoms with Crippen molar-refractivity contribution in [3.63, 3.8) is 0 Å². The van der Waals surface area contributed by atoms with Gasteiger partial charge in [-0.1, -0.05) is 12.1 Å². The van der Waals surface area contributed by atoms with Gasteiger partial charge in [0.2, 0.25) is 0 Å². The number of rotatable bonds is 6. The number of anilines is 1. The van der Waals surface area contributed by atoms with Crippen molar-refractivity contribution in [2.45, 2.75) is 39.3 Å². The lowest BCUT2D eigenvalue weighted by atomic mass is 10.0. The molecule has 4 rings (SSSR count). The van der Waals surface area contributed by atoms with Crippen molar-refractivity contribution in [2.75, 3.05) is 37.7 Å². The molecule has 0 bridgehead atoms. The van der Waals surface area contributed by atoms with Gasteiger partial charge in [0.15, 0.2) is 5.82 Å². The molecule has 0 unspecified atom stereocenters. The summed E-state index contributed by atoms with van der Waals surface area (Å²) in [6.45, 7) is 12.3. The topological polar surface area (TPSA) is 59.3 Å². The largest absolute Gasteiger partial charge is 0.494 e. The van der Waals surface area contributed by atoms with Crippen molar-refractivity contribution >= 4 is 5.69 Å². The van der Waals surface area contributed by atoms with Gasteiger partial charge in [0, 0.05) is 31.9 Å². The predicted octanol–water partition coefficient (Wildman–Crippen LogP) is 3.88. The Kier molecular flexibility index (Phi) is 6.41. The average molecular weight is 439 g/mol. The summed E-state index contributed by atoms with van der Waals surface area (Å²) < 4.78 is 20.9. The van der Waals surface area contributed by atoms with Crippen LogP contribution in [0.4, 0.5) is 10.1 Å². The maximum absolute atomic E-state index is 13.3. The van der Waals surface area contributed by atoms with Crippen LogP contribution in [-0.2, 0) is 5.54 Å². The molecule has 1 saturated heterocycles. The number of piperazine rings is 1. The van der Waals surface area contributed by atoms with Crippen molar-refractivity contribution in [1.29, 1.82) is 0 Å². The van der Waals surface area contributed by atoms with E-state index in [4.69, 9.17) is 4.74 Å². The van der Waals surface area contributed by atoms with Gasteiger partial charge < -0.3 is 9.64 Å². The molecule has 1 aromatic heterocycles. The number of hydrogen-bond acceptors (Lipinski definition) is 6. The summed E-state index contributed by atoms with van der Waals surface area (Å²) >= 11 is 0. The van der Waals surface area contributed by atoms with E-state index in [0.717, 1.165) is 49.0 Å². The first-order valence-electron chi connectivity index (χ1n) is 11.1. The summed E-state index contributed by atoms with van der Waals surface area (Å²) in [7, 11) is 0. The summed E-state index contributed by atoms with van der Waals surface area (Å²) in [5.41, 5.74) is 1.94. The normalized spacial score (nSPS) is 16.2. The molecule has 1 fully saturated rings. The minimum absolute atomic E-state index is 0.0738. The van der Waals surface area contributed by atoms with Crippen LogP contribution < -0.4 is 9.64 Å². The third-order valence-electron chi connectivity index (χ3n) is 5.75. The van der Waals surface area contributed by atoms with Gasteiger partial charge in [-0.2, -0.15) is 0 Å². The highest BCUT2D eigenvalue weighted by atomic mass is 19.1. The van der Waals surface area contributed by atoms with Crippen molar-refractivity contribution in [2.24, 2.45) is 0 Å². The maximum atomic E-state index is 13.3. The molecule has 0 amide bonds. The number of aromatic nitrogens is 4. The lowest BCUT2D eigenvalue weighted by molar-refractivity contribution is 0.191. The lowest BCUT2D eigenvalue weighted by Crippen LogP contribution is -2.48. The van der Waals surface area contributed by atoms with Crippen molar-refractivity contribution in [1.82, 2.24) is 25.1 Å². The highest BCUT2D eigenvalue weighted by molar-refractivity contribution is 5.46. The molecule has 1 aliphatic heterocycles.